The molecule has 0 unspecified atom stereocenters. The SMILES string of the molecule is C=C(CC)NNC(=O)c1ccccc1OC(C)=O. The van der Waals surface area contributed by atoms with Crippen molar-refractivity contribution in [1.82, 2.24) is 10.9 Å². The zero-order valence-corrected chi connectivity index (χ0v) is 10.4. The Hall–Kier alpha value is -2.30. The second-order valence-corrected chi connectivity index (χ2v) is 3.63. The zero-order valence-electron chi connectivity index (χ0n) is 10.4. The number of allylic oxidation sites excluding steroid dienone is 1. The molecule has 18 heavy (non-hydrogen) atoms. The van der Waals surface area contributed by atoms with Crippen LogP contribution in [0.25, 0.3) is 0 Å². The number of hydrazine groups is 1. The van der Waals surface area contributed by atoms with Crippen molar-refractivity contribution in [2.24, 2.45) is 0 Å². The van der Waals surface area contributed by atoms with Gasteiger partial charge in [0, 0.05) is 12.6 Å². The largest absolute Gasteiger partial charge is 0.426 e. The lowest BCUT2D eigenvalue weighted by Gasteiger charge is -2.11. The molecule has 0 bridgehead atoms. The van der Waals surface area contributed by atoms with Gasteiger partial charge in [-0.15, -0.1) is 0 Å². The first-order chi connectivity index (χ1) is 8.54. The van der Waals surface area contributed by atoms with Crippen molar-refractivity contribution >= 4 is 11.9 Å². The molecule has 0 aliphatic heterocycles. The molecule has 5 heteroatoms. The minimum Gasteiger partial charge on any atom is -0.426 e. The Labute approximate surface area is 106 Å². The van der Waals surface area contributed by atoms with Gasteiger partial charge in [0.05, 0.1) is 5.56 Å². The fourth-order valence-electron chi connectivity index (χ4n) is 1.20. The van der Waals surface area contributed by atoms with Gasteiger partial charge in [-0.05, 0) is 18.6 Å². The summed E-state index contributed by atoms with van der Waals surface area (Å²) in [6.07, 6.45) is 0.700. The molecule has 2 N–H and O–H groups in total. The average molecular weight is 248 g/mol. The smallest absolute Gasteiger partial charge is 0.308 e. The summed E-state index contributed by atoms with van der Waals surface area (Å²) in [6.45, 7) is 6.89. The first-order valence-corrected chi connectivity index (χ1v) is 5.56. The Morgan fingerprint density at radius 2 is 1.94 bits per heavy atom. The fourth-order valence-corrected chi connectivity index (χ4v) is 1.20. The molecule has 0 radical (unpaired) electrons. The van der Waals surface area contributed by atoms with E-state index in [4.69, 9.17) is 4.74 Å². The summed E-state index contributed by atoms with van der Waals surface area (Å²) in [7, 11) is 0. The number of carbonyl (C=O) groups is 2. The third kappa shape index (κ3) is 3.93. The topological polar surface area (TPSA) is 67.4 Å². The van der Waals surface area contributed by atoms with E-state index in [1.165, 1.54) is 6.92 Å². The van der Waals surface area contributed by atoms with Crippen LogP contribution in [-0.4, -0.2) is 11.9 Å². The molecule has 1 aromatic carbocycles. The van der Waals surface area contributed by atoms with Gasteiger partial charge in [0.15, 0.2) is 0 Å². The molecule has 0 saturated carbocycles. The zero-order chi connectivity index (χ0) is 13.5. The quantitative estimate of drug-likeness (QED) is 0.473. The number of hydrogen-bond donors (Lipinski definition) is 2. The summed E-state index contributed by atoms with van der Waals surface area (Å²) in [5, 5.41) is 0. The molecular formula is C13H16N2O3. The number of benzene rings is 1. The summed E-state index contributed by atoms with van der Waals surface area (Å²) < 4.78 is 4.95. The van der Waals surface area contributed by atoms with Crippen molar-refractivity contribution in [2.45, 2.75) is 20.3 Å². The van der Waals surface area contributed by atoms with Gasteiger partial charge >= 0.3 is 5.97 Å². The number of amides is 1. The maximum absolute atomic E-state index is 11.9. The van der Waals surface area contributed by atoms with Crippen LogP contribution in [0.2, 0.25) is 0 Å². The van der Waals surface area contributed by atoms with Crippen LogP contribution >= 0.6 is 0 Å². The fraction of sp³-hybridized carbons (Fsp3) is 0.231. The van der Waals surface area contributed by atoms with Crippen LogP contribution in [0.4, 0.5) is 0 Å². The summed E-state index contributed by atoms with van der Waals surface area (Å²) in [5.74, 6) is -0.631. The molecule has 0 atom stereocenters. The van der Waals surface area contributed by atoms with E-state index in [1.807, 2.05) is 6.92 Å². The number of rotatable bonds is 5. The Balaban J connectivity index is 2.78. The predicted molar refractivity (Wildman–Crippen MR) is 67.8 cm³/mol. The Kier molecular flexibility index (Phi) is 4.92. The standard InChI is InChI=1S/C13H16N2O3/c1-4-9(2)14-15-13(17)11-7-5-6-8-12(11)18-10(3)16/h5-8,14H,2,4H2,1,3H3,(H,15,17). The highest BCUT2D eigenvalue weighted by Crippen LogP contribution is 2.17. The van der Waals surface area contributed by atoms with Gasteiger partial charge in [-0.1, -0.05) is 25.6 Å². The van der Waals surface area contributed by atoms with Crippen LogP contribution in [0.1, 0.15) is 30.6 Å². The molecule has 0 saturated heterocycles. The van der Waals surface area contributed by atoms with Crippen LogP contribution in [0.5, 0.6) is 5.75 Å². The van der Waals surface area contributed by atoms with E-state index in [0.717, 1.165) is 0 Å². The van der Waals surface area contributed by atoms with E-state index >= 15 is 0 Å². The number of carbonyl (C=O) groups excluding carboxylic acids is 2. The Morgan fingerprint density at radius 3 is 2.56 bits per heavy atom. The van der Waals surface area contributed by atoms with E-state index in [-0.39, 0.29) is 17.2 Å². The Morgan fingerprint density at radius 1 is 1.28 bits per heavy atom. The predicted octanol–water partition coefficient (Wildman–Crippen LogP) is 1.77. The van der Waals surface area contributed by atoms with E-state index in [2.05, 4.69) is 17.4 Å². The summed E-state index contributed by atoms with van der Waals surface area (Å²) in [6, 6.07) is 6.51. The summed E-state index contributed by atoms with van der Waals surface area (Å²) in [5.41, 5.74) is 6.13. The number of nitrogens with one attached hydrogen (secondary N) is 2. The highest BCUT2D eigenvalue weighted by molar-refractivity contribution is 5.97. The number of para-hydroxylation sites is 1. The molecule has 96 valence electrons. The summed E-state index contributed by atoms with van der Waals surface area (Å²) in [4.78, 5) is 22.8. The van der Waals surface area contributed by atoms with Crippen molar-refractivity contribution in [2.75, 3.05) is 0 Å². The number of hydrogen-bond acceptors (Lipinski definition) is 4. The van der Waals surface area contributed by atoms with Gasteiger partial charge in [-0.2, -0.15) is 0 Å². The van der Waals surface area contributed by atoms with Crippen molar-refractivity contribution in [3.63, 3.8) is 0 Å². The minimum atomic E-state index is -0.471. The van der Waals surface area contributed by atoms with Gasteiger partial charge in [-0.3, -0.25) is 15.0 Å². The third-order valence-corrected chi connectivity index (χ3v) is 2.16. The maximum atomic E-state index is 11.9. The molecular weight excluding hydrogens is 232 g/mol. The molecule has 1 amide bonds. The first-order valence-electron chi connectivity index (χ1n) is 5.56. The Bertz CT molecular complexity index is 469. The summed E-state index contributed by atoms with van der Waals surface area (Å²) >= 11 is 0. The molecule has 1 rings (SSSR count). The van der Waals surface area contributed by atoms with Gasteiger partial charge < -0.3 is 10.2 Å². The second kappa shape index (κ2) is 6.44. The van der Waals surface area contributed by atoms with Gasteiger partial charge in [0.25, 0.3) is 5.91 Å². The van der Waals surface area contributed by atoms with Crippen LogP contribution in [0, 0.1) is 0 Å². The third-order valence-electron chi connectivity index (χ3n) is 2.16. The molecule has 0 spiro atoms. The normalized spacial score (nSPS) is 9.44. The van der Waals surface area contributed by atoms with E-state index < -0.39 is 5.97 Å². The van der Waals surface area contributed by atoms with Gasteiger partial charge in [0.1, 0.15) is 5.75 Å². The van der Waals surface area contributed by atoms with E-state index in [9.17, 15) is 9.59 Å². The van der Waals surface area contributed by atoms with Crippen molar-refractivity contribution < 1.29 is 14.3 Å². The van der Waals surface area contributed by atoms with Crippen LogP contribution < -0.4 is 15.6 Å². The van der Waals surface area contributed by atoms with Crippen LogP contribution in [0.3, 0.4) is 0 Å². The molecule has 0 aromatic heterocycles. The highest BCUT2D eigenvalue weighted by Gasteiger charge is 2.12. The molecule has 0 fully saturated rings. The highest BCUT2D eigenvalue weighted by atomic mass is 16.5. The molecule has 1 aromatic rings. The molecule has 5 nitrogen and oxygen atoms in total. The van der Waals surface area contributed by atoms with E-state index in [1.54, 1.807) is 24.3 Å². The van der Waals surface area contributed by atoms with Crippen molar-refractivity contribution in [1.29, 1.82) is 0 Å². The maximum Gasteiger partial charge on any atom is 0.308 e. The number of esters is 1. The van der Waals surface area contributed by atoms with Crippen LogP contribution in [-0.2, 0) is 4.79 Å². The minimum absolute atomic E-state index is 0.228. The second-order valence-electron chi connectivity index (χ2n) is 3.63. The lowest BCUT2D eigenvalue weighted by molar-refractivity contribution is -0.131. The van der Waals surface area contributed by atoms with E-state index in [0.29, 0.717) is 12.1 Å². The van der Waals surface area contributed by atoms with Gasteiger partial charge in [0.2, 0.25) is 0 Å². The molecule has 0 aliphatic rings. The first kappa shape index (κ1) is 13.8. The average Bonchev–Trinajstić information content (AvgIpc) is 2.35. The molecule has 0 heterocycles. The lowest BCUT2D eigenvalue weighted by Crippen LogP contribution is -2.36. The van der Waals surface area contributed by atoms with Gasteiger partial charge in [-0.25, -0.2) is 0 Å². The van der Waals surface area contributed by atoms with Crippen molar-refractivity contribution in [3.05, 3.63) is 42.1 Å². The van der Waals surface area contributed by atoms with Crippen LogP contribution in [0.15, 0.2) is 36.5 Å². The van der Waals surface area contributed by atoms with Crippen molar-refractivity contribution in [3.8, 4) is 5.75 Å². The monoisotopic (exact) mass is 248 g/mol. The molecule has 0 aliphatic carbocycles. The lowest BCUT2D eigenvalue weighted by atomic mass is 10.2. The number of ether oxygens (including phenoxy) is 1.